The summed E-state index contributed by atoms with van der Waals surface area (Å²) in [5, 5.41) is 6.89. The number of benzene rings is 1. The highest BCUT2D eigenvalue weighted by molar-refractivity contribution is 9.10. The van der Waals surface area contributed by atoms with Crippen LogP contribution in [-0.4, -0.2) is 25.5 Å². The van der Waals surface area contributed by atoms with Crippen molar-refractivity contribution in [1.82, 2.24) is 10.6 Å². The summed E-state index contributed by atoms with van der Waals surface area (Å²) in [6.45, 7) is 2.92. The Morgan fingerprint density at radius 2 is 2.37 bits per heavy atom. The maximum absolute atomic E-state index is 11.9. The van der Waals surface area contributed by atoms with Gasteiger partial charge in [-0.25, -0.2) is 0 Å². The van der Waals surface area contributed by atoms with Gasteiger partial charge in [0.05, 0.1) is 5.02 Å². The van der Waals surface area contributed by atoms with E-state index in [4.69, 9.17) is 11.6 Å². The molecule has 1 aromatic rings. The van der Waals surface area contributed by atoms with Crippen molar-refractivity contribution in [2.75, 3.05) is 19.6 Å². The Morgan fingerprint density at radius 3 is 3.05 bits per heavy atom. The van der Waals surface area contributed by atoms with E-state index in [0.717, 1.165) is 30.5 Å². The average molecular weight is 346 g/mol. The average Bonchev–Trinajstić information content (AvgIpc) is 2.43. The standard InChI is InChI=1S/C14H18BrClN2O/c15-12-4-3-11(8-13(12)16)14(19)18-7-5-10-2-1-6-17-9-10/h3-4,8,10,17H,1-2,5-7,9H2,(H,18,19). The van der Waals surface area contributed by atoms with Gasteiger partial charge in [-0.3, -0.25) is 4.79 Å². The Hall–Kier alpha value is -0.580. The van der Waals surface area contributed by atoms with Crippen LogP contribution < -0.4 is 10.6 Å². The molecule has 5 heteroatoms. The second kappa shape index (κ2) is 7.27. The van der Waals surface area contributed by atoms with E-state index in [1.807, 2.05) is 0 Å². The van der Waals surface area contributed by atoms with E-state index in [9.17, 15) is 4.79 Å². The first-order chi connectivity index (χ1) is 9.16. The normalized spacial score (nSPS) is 19.2. The molecule has 1 atom stereocenters. The van der Waals surface area contributed by atoms with Crippen LogP contribution in [0.25, 0.3) is 0 Å². The molecule has 1 amide bonds. The minimum atomic E-state index is -0.0573. The van der Waals surface area contributed by atoms with Crippen LogP contribution >= 0.6 is 27.5 Å². The molecular weight excluding hydrogens is 328 g/mol. The van der Waals surface area contributed by atoms with E-state index < -0.39 is 0 Å². The number of halogens is 2. The van der Waals surface area contributed by atoms with Gasteiger partial charge in [0.25, 0.3) is 5.91 Å². The van der Waals surface area contributed by atoms with E-state index in [-0.39, 0.29) is 5.91 Å². The molecule has 0 spiro atoms. The van der Waals surface area contributed by atoms with Crippen LogP contribution in [0.5, 0.6) is 0 Å². The number of carbonyl (C=O) groups excluding carboxylic acids is 1. The summed E-state index contributed by atoms with van der Waals surface area (Å²) >= 11 is 9.29. The molecular formula is C14H18BrClN2O. The molecule has 1 saturated heterocycles. The lowest BCUT2D eigenvalue weighted by atomic mass is 9.96. The predicted molar refractivity (Wildman–Crippen MR) is 81.7 cm³/mol. The molecule has 1 fully saturated rings. The quantitative estimate of drug-likeness (QED) is 0.879. The summed E-state index contributed by atoms with van der Waals surface area (Å²) < 4.78 is 0.805. The lowest BCUT2D eigenvalue weighted by molar-refractivity contribution is 0.0950. The Labute approximate surface area is 127 Å². The van der Waals surface area contributed by atoms with E-state index >= 15 is 0 Å². The number of amides is 1. The molecule has 1 aliphatic heterocycles. The maximum Gasteiger partial charge on any atom is 0.251 e. The Bertz CT molecular complexity index is 447. The second-order valence-corrected chi connectivity index (χ2v) is 6.15. The molecule has 0 radical (unpaired) electrons. The number of piperidine rings is 1. The van der Waals surface area contributed by atoms with Gasteiger partial charge in [0.1, 0.15) is 0 Å². The van der Waals surface area contributed by atoms with Gasteiger partial charge >= 0.3 is 0 Å². The number of hydrogen-bond acceptors (Lipinski definition) is 2. The van der Waals surface area contributed by atoms with Crippen molar-refractivity contribution >= 4 is 33.4 Å². The van der Waals surface area contributed by atoms with Crippen LogP contribution in [0.15, 0.2) is 22.7 Å². The summed E-state index contributed by atoms with van der Waals surface area (Å²) in [7, 11) is 0. The highest BCUT2D eigenvalue weighted by atomic mass is 79.9. The largest absolute Gasteiger partial charge is 0.352 e. The van der Waals surface area contributed by atoms with Gasteiger partial charge in [-0.2, -0.15) is 0 Å². The van der Waals surface area contributed by atoms with Crippen LogP contribution in [0.1, 0.15) is 29.6 Å². The molecule has 2 N–H and O–H groups in total. The number of carbonyl (C=O) groups is 1. The fourth-order valence-corrected chi connectivity index (χ4v) is 2.73. The van der Waals surface area contributed by atoms with Crippen molar-refractivity contribution in [2.45, 2.75) is 19.3 Å². The first-order valence-electron chi connectivity index (χ1n) is 6.61. The van der Waals surface area contributed by atoms with Crippen molar-refractivity contribution in [2.24, 2.45) is 5.92 Å². The zero-order valence-electron chi connectivity index (χ0n) is 10.7. The monoisotopic (exact) mass is 344 g/mol. The summed E-state index contributed by atoms with van der Waals surface area (Å²) in [6, 6.07) is 5.25. The van der Waals surface area contributed by atoms with Gasteiger partial charge in [0.15, 0.2) is 0 Å². The van der Waals surface area contributed by atoms with Crippen molar-refractivity contribution in [3.8, 4) is 0 Å². The van der Waals surface area contributed by atoms with Crippen LogP contribution in [0, 0.1) is 5.92 Å². The van der Waals surface area contributed by atoms with Gasteiger partial charge in [-0.15, -0.1) is 0 Å². The molecule has 104 valence electrons. The van der Waals surface area contributed by atoms with Crippen molar-refractivity contribution in [3.05, 3.63) is 33.3 Å². The first-order valence-corrected chi connectivity index (χ1v) is 7.78. The third-order valence-corrected chi connectivity index (χ3v) is 4.65. The van der Waals surface area contributed by atoms with Gasteiger partial charge < -0.3 is 10.6 Å². The van der Waals surface area contributed by atoms with Crippen LogP contribution in [0.3, 0.4) is 0 Å². The molecule has 19 heavy (non-hydrogen) atoms. The van der Waals surface area contributed by atoms with Crippen LogP contribution in [-0.2, 0) is 0 Å². The number of hydrogen-bond donors (Lipinski definition) is 2. The van der Waals surface area contributed by atoms with E-state index in [1.54, 1.807) is 18.2 Å². The van der Waals surface area contributed by atoms with Crippen molar-refractivity contribution in [1.29, 1.82) is 0 Å². The molecule has 0 bridgehead atoms. The first kappa shape index (κ1) is 14.8. The molecule has 1 aromatic carbocycles. The van der Waals surface area contributed by atoms with Gasteiger partial charge in [0, 0.05) is 16.6 Å². The summed E-state index contributed by atoms with van der Waals surface area (Å²) in [6.07, 6.45) is 3.52. The van der Waals surface area contributed by atoms with Crippen molar-refractivity contribution < 1.29 is 4.79 Å². The van der Waals surface area contributed by atoms with Gasteiger partial charge in [0.2, 0.25) is 0 Å². The van der Waals surface area contributed by atoms with Crippen LogP contribution in [0.2, 0.25) is 5.02 Å². The Balaban J connectivity index is 1.78. The third kappa shape index (κ3) is 4.48. The zero-order valence-corrected chi connectivity index (χ0v) is 13.1. The molecule has 1 heterocycles. The summed E-state index contributed by atoms with van der Waals surface area (Å²) in [5.41, 5.74) is 0.606. The molecule has 3 nitrogen and oxygen atoms in total. The minimum Gasteiger partial charge on any atom is -0.352 e. The smallest absolute Gasteiger partial charge is 0.251 e. The molecule has 0 saturated carbocycles. The zero-order chi connectivity index (χ0) is 13.7. The highest BCUT2D eigenvalue weighted by Gasteiger charge is 2.13. The number of rotatable bonds is 4. The lowest BCUT2D eigenvalue weighted by Crippen LogP contribution is -2.33. The lowest BCUT2D eigenvalue weighted by Gasteiger charge is -2.22. The predicted octanol–water partition coefficient (Wildman–Crippen LogP) is 3.22. The molecule has 2 rings (SSSR count). The van der Waals surface area contributed by atoms with E-state index in [0.29, 0.717) is 16.5 Å². The van der Waals surface area contributed by atoms with E-state index in [1.165, 1.54) is 12.8 Å². The molecule has 1 aliphatic rings. The fraction of sp³-hybridized carbons (Fsp3) is 0.500. The second-order valence-electron chi connectivity index (χ2n) is 4.89. The molecule has 1 unspecified atom stereocenters. The van der Waals surface area contributed by atoms with E-state index in [2.05, 4.69) is 26.6 Å². The summed E-state index contributed by atoms with van der Waals surface area (Å²) in [5.74, 6) is 0.626. The van der Waals surface area contributed by atoms with Crippen LogP contribution in [0.4, 0.5) is 0 Å². The Kier molecular flexibility index (Phi) is 5.67. The topological polar surface area (TPSA) is 41.1 Å². The molecule has 0 aromatic heterocycles. The highest BCUT2D eigenvalue weighted by Crippen LogP contribution is 2.23. The fourth-order valence-electron chi connectivity index (χ4n) is 2.30. The maximum atomic E-state index is 11.9. The molecule has 0 aliphatic carbocycles. The SMILES string of the molecule is O=C(NCCC1CCCNC1)c1ccc(Br)c(Cl)c1. The summed E-state index contributed by atoms with van der Waals surface area (Å²) in [4.78, 5) is 11.9. The minimum absolute atomic E-state index is 0.0573. The third-order valence-electron chi connectivity index (χ3n) is 3.42. The number of nitrogens with one attached hydrogen (secondary N) is 2. The Morgan fingerprint density at radius 1 is 1.53 bits per heavy atom. The van der Waals surface area contributed by atoms with Crippen molar-refractivity contribution in [3.63, 3.8) is 0 Å². The van der Waals surface area contributed by atoms with Gasteiger partial charge in [-0.05, 0) is 72.4 Å². The van der Waals surface area contributed by atoms with Gasteiger partial charge in [-0.1, -0.05) is 11.6 Å².